The zero-order valence-electron chi connectivity index (χ0n) is 13.3. The van der Waals surface area contributed by atoms with Gasteiger partial charge in [0.15, 0.2) is 9.84 Å². The number of hydrogen-bond donors (Lipinski definition) is 1. The molecule has 7 heteroatoms. The lowest BCUT2D eigenvalue weighted by molar-refractivity contribution is -0.155. The molecule has 122 valence electrons. The highest BCUT2D eigenvalue weighted by molar-refractivity contribution is 7.91. The molecule has 0 aromatic rings. The van der Waals surface area contributed by atoms with Crippen LogP contribution in [0.25, 0.3) is 0 Å². The molecule has 0 aliphatic carbocycles. The maximum atomic E-state index is 12.7. The first-order valence-electron chi connectivity index (χ1n) is 7.60. The van der Waals surface area contributed by atoms with Crippen molar-refractivity contribution in [1.82, 2.24) is 10.2 Å². The Bertz CT molecular complexity index is 497. The van der Waals surface area contributed by atoms with E-state index in [9.17, 15) is 18.0 Å². The second kappa shape index (κ2) is 6.77. The molecule has 6 nitrogen and oxygen atoms in total. The van der Waals surface area contributed by atoms with Gasteiger partial charge in [-0.05, 0) is 19.3 Å². The smallest absolute Gasteiger partial charge is 0.249 e. The first-order valence-corrected chi connectivity index (χ1v) is 9.42. The van der Waals surface area contributed by atoms with Crippen molar-refractivity contribution in [3.8, 4) is 0 Å². The number of hydrogen-bond acceptors (Lipinski definition) is 4. The first kappa shape index (κ1) is 17.9. The molecule has 21 heavy (non-hydrogen) atoms. The second-order valence-corrected chi connectivity index (χ2v) is 7.91. The van der Waals surface area contributed by atoms with E-state index in [2.05, 4.69) is 5.32 Å². The van der Waals surface area contributed by atoms with Crippen molar-refractivity contribution in [3.05, 3.63) is 0 Å². The molecule has 1 aliphatic heterocycles. The van der Waals surface area contributed by atoms with Gasteiger partial charge in [0.2, 0.25) is 11.8 Å². The molecule has 0 spiro atoms. The summed E-state index contributed by atoms with van der Waals surface area (Å²) in [6, 6.07) is -0.573. The van der Waals surface area contributed by atoms with Crippen LogP contribution in [0.5, 0.6) is 0 Å². The highest BCUT2D eigenvalue weighted by Gasteiger charge is 2.48. The van der Waals surface area contributed by atoms with Gasteiger partial charge < -0.3 is 10.2 Å². The van der Waals surface area contributed by atoms with E-state index < -0.39 is 21.4 Å². The lowest BCUT2D eigenvalue weighted by atomic mass is 9.86. The summed E-state index contributed by atoms with van der Waals surface area (Å²) in [6.07, 6.45) is 1.48. The molecule has 0 saturated carbocycles. The lowest BCUT2D eigenvalue weighted by Crippen LogP contribution is -2.70. The number of nitrogens with one attached hydrogen (secondary N) is 1. The molecule has 1 fully saturated rings. The topological polar surface area (TPSA) is 83.6 Å². The second-order valence-electron chi connectivity index (χ2n) is 5.44. The number of nitrogens with zero attached hydrogens (tertiary/aromatic N) is 1. The molecular weight excluding hydrogens is 292 g/mol. The summed E-state index contributed by atoms with van der Waals surface area (Å²) in [5, 5.41) is 2.84. The molecule has 0 radical (unpaired) electrons. The predicted octanol–water partition coefficient (Wildman–Crippen LogP) is 0.717. The zero-order chi connectivity index (χ0) is 16.3. The number of amides is 2. The standard InChI is InChI=1S/C14H26N2O4S/c1-5-11-12(17)15-14(6-2,7-3)13(18)16(11)9-10-21(19,20)8-4/h11H,5-10H2,1-4H3,(H,15,17). The molecule has 1 N–H and O–H groups in total. The predicted molar refractivity (Wildman–Crippen MR) is 81.6 cm³/mol. The van der Waals surface area contributed by atoms with Gasteiger partial charge in [0.05, 0.1) is 5.75 Å². The molecule has 1 rings (SSSR count). The van der Waals surface area contributed by atoms with Gasteiger partial charge in [-0.25, -0.2) is 8.42 Å². The Kier molecular flexibility index (Phi) is 5.78. The van der Waals surface area contributed by atoms with Gasteiger partial charge in [-0.2, -0.15) is 0 Å². The lowest BCUT2D eigenvalue weighted by Gasteiger charge is -2.45. The fourth-order valence-corrected chi connectivity index (χ4v) is 3.47. The van der Waals surface area contributed by atoms with Crippen LogP contribution < -0.4 is 5.32 Å². The number of piperazine rings is 1. The Labute approximate surface area is 127 Å². The third-order valence-electron chi connectivity index (χ3n) is 4.39. The summed E-state index contributed by atoms with van der Waals surface area (Å²) in [4.78, 5) is 26.5. The highest BCUT2D eigenvalue weighted by Crippen LogP contribution is 2.26. The third kappa shape index (κ3) is 3.56. The number of rotatable bonds is 7. The monoisotopic (exact) mass is 318 g/mol. The Balaban J connectivity index is 3.04. The minimum Gasteiger partial charge on any atom is -0.340 e. The van der Waals surface area contributed by atoms with E-state index in [-0.39, 0.29) is 29.9 Å². The van der Waals surface area contributed by atoms with Crippen molar-refractivity contribution in [2.24, 2.45) is 0 Å². The highest BCUT2D eigenvalue weighted by atomic mass is 32.2. The van der Waals surface area contributed by atoms with Crippen LogP contribution in [0.1, 0.15) is 47.0 Å². The van der Waals surface area contributed by atoms with Crippen molar-refractivity contribution in [3.63, 3.8) is 0 Å². The molecule has 1 heterocycles. The SMILES string of the molecule is CCC1C(=O)NC(CC)(CC)C(=O)N1CCS(=O)(=O)CC. The Morgan fingerprint density at radius 1 is 1.14 bits per heavy atom. The molecule has 0 bridgehead atoms. The van der Waals surface area contributed by atoms with Gasteiger partial charge in [-0.3, -0.25) is 9.59 Å². The van der Waals surface area contributed by atoms with Crippen LogP contribution in [0, 0.1) is 0 Å². The van der Waals surface area contributed by atoms with Crippen LogP contribution in [-0.2, 0) is 19.4 Å². The molecule has 2 amide bonds. The van der Waals surface area contributed by atoms with Crippen LogP contribution in [0.3, 0.4) is 0 Å². The Hall–Kier alpha value is -1.11. The molecule has 1 unspecified atom stereocenters. The average Bonchev–Trinajstić information content (AvgIpc) is 2.47. The van der Waals surface area contributed by atoms with E-state index in [0.717, 1.165) is 0 Å². The maximum absolute atomic E-state index is 12.7. The molecule has 1 atom stereocenters. The summed E-state index contributed by atoms with van der Waals surface area (Å²) >= 11 is 0. The Morgan fingerprint density at radius 3 is 2.14 bits per heavy atom. The van der Waals surface area contributed by atoms with Crippen molar-refractivity contribution in [1.29, 1.82) is 0 Å². The number of carbonyl (C=O) groups is 2. The van der Waals surface area contributed by atoms with E-state index in [1.807, 2.05) is 20.8 Å². The summed E-state index contributed by atoms with van der Waals surface area (Å²) in [5.41, 5.74) is -0.890. The quantitative estimate of drug-likeness (QED) is 0.749. The summed E-state index contributed by atoms with van der Waals surface area (Å²) < 4.78 is 23.4. The molecular formula is C14H26N2O4S. The largest absolute Gasteiger partial charge is 0.340 e. The molecule has 0 aromatic heterocycles. The van der Waals surface area contributed by atoms with E-state index >= 15 is 0 Å². The van der Waals surface area contributed by atoms with Crippen LogP contribution in [0.15, 0.2) is 0 Å². The minimum absolute atomic E-state index is 0.0463. The van der Waals surface area contributed by atoms with Gasteiger partial charge in [0, 0.05) is 12.3 Å². The van der Waals surface area contributed by atoms with Gasteiger partial charge >= 0.3 is 0 Å². The van der Waals surface area contributed by atoms with Crippen LogP contribution in [0.4, 0.5) is 0 Å². The van der Waals surface area contributed by atoms with Crippen LogP contribution in [-0.4, -0.2) is 54.8 Å². The van der Waals surface area contributed by atoms with E-state index in [1.165, 1.54) is 4.90 Å². The fraction of sp³-hybridized carbons (Fsp3) is 0.857. The third-order valence-corrected chi connectivity index (χ3v) is 6.07. The van der Waals surface area contributed by atoms with Crippen molar-refractivity contribution in [2.45, 2.75) is 58.5 Å². The normalized spacial score (nSPS) is 22.3. The molecule has 0 aromatic carbocycles. The van der Waals surface area contributed by atoms with Crippen LogP contribution >= 0.6 is 0 Å². The van der Waals surface area contributed by atoms with Crippen LogP contribution in [0.2, 0.25) is 0 Å². The van der Waals surface area contributed by atoms with Crippen molar-refractivity contribution < 1.29 is 18.0 Å². The van der Waals surface area contributed by atoms with Gasteiger partial charge in [0.1, 0.15) is 11.6 Å². The number of carbonyl (C=O) groups excluding carboxylic acids is 2. The maximum Gasteiger partial charge on any atom is 0.249 e. The molecule has 1 saturated heterocycles. The first-order chi connectivity index (χ1) is 9.76. The summed E-state index contributed by atoms with van der Waals surface area (Å²) in [7, 11) is -3.17. The summed E-state index contributed by atoms with van der Waals surface area (Å²) in [6.45, 7) is 7.20. The van der Waals surface area contributed by atoms with Gasteiger partial charge in [-0.1, -0.05) is 27.7 Å². The van der Waals surface area contributed by atoms with Crippen molar-refractivity contribution in [2.75, 3.05) is 18.1 Å². The minimum atomic E-state index is -3.17. The number of sulfone groups is 1. The zero-order valence-corrected chi connectivity index (χ0v) is 14.1. The summed E-state index contributed by atoms with van der Waals surface area (Å²) in [5.74, 6) is -0.396. The van der Waals surface area contributed by atoms with Gasteiger partial charge in [-0.15, -0.1) is 0 Å². The van der Waals surface area contributed by atoms with E-state index in [1.54, 1.807) is 6.92 Å². The molecule has 1 aliphatic rings. The fourth-order valence-electron chi connectivity index (χ4n) is 2.70. The van der Waals surface area contributed by atoms with E-state index in [0.29, 0.717) is 19.3 Å². The van der Waals surface area contributed by atoms with Gasteiger partial charge in [0.25, 0.3) is 0 Å². The average molecular weight is 318 g/mol. The van der Waals surface area contributed by atoms with E-state index in [4.69, 9.17) is 0 Å². The Morgan fingerprint density at radius 2 is 1.71 bits per heavy atom. The van der Waals surface area contributed by atoms with Crippen molar-refractivity contribution >= 4 is 21.7 Å².